The van der Waals surface area contributed by atoms with Crippen molar-refractivity contribution in [3.05, 3.63) is 0 Å². The molecule has 0 aromatic rings. The Kier molecular flexibility index (Phi) is 3.28. The van der Waals surface area contributed by atoms with Crippen LogP contribution in [-0.4, -0.2) is 23.9 Å². The molecule has 0 aliphatic heterocycles. The number of rotatable bonds is 3. The fourth-order valence-electron chi connectivity index (χ4n) is 0.487. The molecule has 1 unspecified atom stereocenters. The summed E-state index contributed by atoms with van der Waals surface area (Å²) < 4.78 is 45.8. The summed E-state index contributed by atoms with van der Waals surface area (Å²) in [7, 11) is 0. The van der Waals surface area contributed by atoms with Crippen LogP contribution >= 0.6 is 0 Å². The van der Waals surface area contributed by atoms with Crippen LogP contribution in [0, 0.1) is 5.92 Å². The van der Waals surface area contributed by atoms with Crippen LogP contribution in [0.25, 0.3) is 0 Å². The fraction of sp³-hybridized carbons (Fsp3) is 0.800. The molecule has 0 fully saturated rings. The minimum atomic E-state index is -4.62. The van der Waals surface area contributed by atoms with Crippen molar-refractivity contribution in [1.82, 2.24) is 0 Å². The molecule has 0 saturated carbocycles. The molecule has 1 atom stereocenters. The molecule has 0 radical (unpaired) electrons. The Morgan fingerprint density at radius 2 is 1.91 bits per heavy atom. The van der Waals surface area contributed by atoms with Gasteiger partial charge in [-0.2, -0.15) is 13.2 Å². The van der Waals surface area contributed by atoms with Gasteiger partial charge in [-0.3, -0.25) is 9.18 Å². The van der Waals surface area contributed by atoms with Gasteiger partial charge in [-0.05, 0) is 0 Å². The van der Waals surface area contributed by atoms with Crippen molar-refractivity contribution in [3.8, 4) is 0 Å². The quantitative estimate of drug-likeness (QED) is 0.660. The molecule has 0 saturated heterocycles. The summed E-state index contributed by atoms with van der Waals surface area (Å²) in [6.07, 6.45) is -6.23. The van der Waals surface area contributed by atoms with Gasteiger partial charge in [0.05, 0.1) is 12.3 Å². The first-order chi connectivity index (χ1) is 4.87. The maximum atomic E-state index is 11.6. The summed E-state index contributed by atoms with van der Waals surface area (Å²) in [6.45, 7) is -1.49. The second kappa shape index (κ2) is 3.54. The summed E-state index contributed by atoms with van der Waals surface area (Å²) in [4.78, 5) is 9.87. The van der Waals surface area contributed by atoms with Gasteiger partial charge >= 0.3 is 12.1 Å². The highest BCUT2D eigenvalue weighted by Gasteiger charge is 2.35. The highest BCUT2D eigenvalue weighted by molar-refractivity contribution is 5.70. The molecule has 0 spiro atoms. The Morgan fingerprint density at radius 1 is 1.45 bits per heavy atom. The minimum Gasteiger partial charge on any atom is -0.481 e. The maximum absolute atomic E-state index is 11.6. The Hall–Kier alpha value is -0.810. The predicted octanol–water partition coefficient (Wildman–Crippen LogP) is 1.61. The number of alkyl halides is 4. The summed E-state index contributed by atoms with van der Waals surface area (Å²) >= 11 is 0. The lowest BCUT2D eigenvalue weighted by molar-refractivity contribution is -0.164. The lowest BCUT2D eigenvalue weighted by Crippen LogP contribution is -2.23. The third kappa shape index (κ3) is 4.58. The van der Waals surface area contributed by atoms with Crippen molar-refractivity contribution in [2.75, 3.05) is 6.67 Å². The van der Waals surface area contributed by atoms with E-state index in [0.717, 1.165) is 0 Å². The van der Waals surface area contributed by atoms with E-state index >= 15 is 0 Å². The topological polar surface area (TPSA) is 37.3 Å². The Labute approximate surface area is 59.8 Å². The summed E-state index contributed by atoms with van der Waals surface area (Å²) in [5.74, 6) is -3.72. The molecular weight excluding hydrogens is 168 g/mol. The van der Waals surface area contributed by atoms with Crippen LogP contribution in [0.4, 0.5) is 17.6 Å². The van der Waals surface area contributed by atoms with Crippen LogP contribution in [0.5, 0.6) is 0 Å². The molecule has 0 aromatic carbocycles. The number of hydrogen-bond donors (Lipinski definition) is 1. The van der Waals surface area contributed by atoms with Gasteiger partial charge in [0.2, 0.25) is 0 Å². The number of carbonyl (C=O) groups is 1. The van der Waals surface area contributed by atoms with Gasteiger partial charge in [0.15, 0.2) is 0 Å². The Balaban J connectivity index is 3.99. The molecule has 0 aliphatic rings. The lowest BCUT2D eigenvalue weighted by atomic mass is 10.1. The van der Waals surface area contributed by atoms with Crippen LogP contribution in [0.1, 0.15) is 6.42 Å². The number of hydrogen-bond acceptors (Lipinski definition) is 1. The second-order valence-corrected chi connectivity index (χ2v) is 2.01. The SMILES string of the molecule is O=C(O)C(CF)CC(F)(F)F. The van der Waals surface area contributed by atoms with Crippen molar-refractivity contribution < 1.29 is 27.5 Å². The third-order valence-electron chi connectivity index (χ3n) is 1.01. The average molecular weight is 174 g/mol. The van der Waals surface area contributed by atoms with E-state index in [2.05, 4.69) is 0 Å². The molecule has 11 heavy (non-hydrogen) atoms. The smallest absolute Gasteiger partial charge is 0.390 e. The molecule has 0 aliphatic carbocycles. The van der Waals surface area contributed by atoms with Gasteiger partial charge in [-0.15, -0.1) is 0 Å². The maximum Gasteiger partial charge on any atom is 0.390 e. The monoisotopic (exact) mass is 174 g/mol. The zero-order valence-electron chi connectivity index (χ0n) is 5.36. The van der Waals surface area contributed by atoms with E-state index in [1.165, 1.54) is 0 Å². The third-order valence-corrected chi connectivity index (χ3v) is 1.01. The highest BCUT2D eigenvalue weighted by Crippen LogP contribution is 2.25. The van der Waals surface area contributed by atoms with Crippen molar-refractivity contribution >= 4 is 5.97 Å². The van der Waals surface area contributed by atoms with Gasteiger partial charge in [0.25, 0.3) is 0 Å². The highest BCUT2D eigenvalue weighted by atomic mass is 19.4. The fourth-order valence-corrected chi connectivity index (χ4v) is 0.487. The molecular formula is C5H6F4O2. The molecule has 66 valence electrons. The van der Waals surface area contributed by atoms with E-state index in [9.17, 15) is 22.4 Å². The van der Waals surface area contributed by atoms with Gasteiger partial charge in [-0.25, -0.2) is 0 Å². The molecule has 2 nitrogen and oxygen atoms in total. The van der Waals surface area contributed by atoms with Crippen molar-refractivity contribution in [2.24, 2.45) is 5.92 Å². The van der Waals surface area contributed by atoms with Crippen molar-refractivity contribution in [2.45, 2.75) is 12.6 Å². The van der Waals surface area contributed by atoms with Gasteiger partial charge in [-0.1, -0.05) is 0 Å². The van der Waals surface area contributed by atoms with E-state index in [4.69, 9.17) is 5.11 Å². The van der Waals surface area contributed by atoms with Crippen LogP contribution < -0.4 is 0 Å². The van der Waals surface area contributed by atoms with Gasteiger partial charge < -0.3 is 5.11 Å². The van der Waals surface area contributed by atoms with Crippen molar-refractivity contribution in [3.63, 3.8) is 0 Å². The van der Waals surface area contributed by atoms with Crippen LogP contribution in [0.15, 0.2) is 0 Å². The molecule has 6 heteroatoms. The van der Waals surface area contributed by atoms with Crippen LogP contribution in [0.2, 0.25) is 0 Å². The molecule has 0 amide bonds. The van der Waals surface area contributed by atoms with Gasteiger partial charge in [0.1, 0.15) is 6.67 Å². The molecule has 0 heterocycles. The summed E-state index contributed by atoms with van der Waals surface area (Å²) in [5.41, 5.74) is 0. The number of carboxylic acid groups (broad SMARTS) is 1. The van der Waals surface area contributed by atoms with Crippen LogP contribution in [0.3, 0.4) is 0 Å². The van der Waals surface area contributed by atoms with E-state index in [1.807, 2.05) is 0 Å². The second-order valence-electron chi connectivity index (χ2n) is 2.01. The first kappa shape index (κ1) is 10.2. The number of aliphatic carboxylic acids is 1. The Morgan fingerprint density at radius 3 is 2.00 bits per heavy atom. The average Bonchev–Trinajstić information content (AvgIpc) is 1.80. The van der Waals surface area contributed by atoms with E-state index in [1.54, 1.807) is 0 Å². The first-order valence-corrected chi connectivity index (χ1v) is 2.72. The number of halogens is 4. The molecule has 0 aromatic heterocycles. The molecule has 1 N–H and O–H groups in total. The Bertz CT molecular complexity index is 142. The summed E-state index contributed by atoms with van der Waals surface area (Å²) in [6, 6.07) is 0. The lowest BCUT2D eigenvalue weighted by Gasteiger charge is -2.10. The van der Waals surface area contributed by atoms with E-state index < -0.39 is 31.2 Å². The van der Waals surface area contributed by atoms with Crippen molar-refractivity contribution in [1.29, 1.82) is 0 Å². The first-order valence-electron chi connectivity index (χ1n) is 2.72. The predicted molar refractivity (Wildman–Crippen MR) is 27.8 cm³/mol. The normalized spacial score (nSPS) is 14.5. The largest absolute Gasteiger partial charge is 0.481 e. The molecule has 0 bridgehead atoms. The van der Waals surface area contributed by atoms with E-state index in [-0.39, 0.29) is 0 Å². The minimum absolute atomic E-state index is 1.49. The summed E-state index contributed by atoms with van der Waals surface area (Å²) in [5, 5.41) is 8.00. The van der Waals surface area contributed by atoms with Crippen LogP contribution in [-0.2, 0) is 4.79 Å². The number of carboxylic acids is 1. The molecule has 0 rings (SSSR count). The zero-order valence-corrected chi connectivity index (χ0v) is 5.36. The zero-order chi connectivity index (χ0) is 9.07. The van der Waals surface area contributed by atoms with Gasteiger partial charge in [0, 0.05) is 0 Å². The standard InChI is InChI=1S/C5H6F4O2/c6-2-3(4(10)11)1-5(7,8)9/h3H,1-2H2,(H,10,11). The van der Waals surface area contributed by atoms with E-state index in [0.29, 0.717) is 0 Å².